The fourth-order valence-corrected chi connectivity index (χ4v) is 6.38. The summed E-state index contributed by atoms with van der Waals surface area (Å²) in [5, 5.41) is 4.79. The first-order valence-electron chi connectivity index (χ1n) is 13.4. The van der Waals surface area contributed by atoms with Crippen LogP contribution < -0.4 is 9.64 Å². The van der Waals surface area contributed by atoms with Crippen molar-refractivity contribution in [2.75, 3.05) is 31.6 Å². The number of nitrogens with zero attached hydrogens (tertiary/aromatic N) is 3. The van der Waals surface area contributed by atoms with Gasteiger partial charge in [0.2, 0.25) is 0 Å². The first-order chi connectivity index (χ1) is 18.9. The van der Waals surface area contributed by atoms with E-state index in [9.17, 15) is 4.79 Å². The molecule has 1 spiro atoms. The van der Waals surface area contributed by atoms with Crippen LogP contribution in [0.2, 0.25) is 5.02 Å². The molecule has 2 aliphatic heterocycles. The van der Waals surface area contributed by atoms with Gasteiger partial charge in [0, 0.05) is 29.8 Å². The Hall–Kier alpha value is -3.61. The number of carbonyl (C=O) groups excluding carboxylic acids is 1. The number of anilines is 1. The number of methoxy groups -OCH3 is 1. The highest BCUT2D eigenvalue weighted by molar-refractivity contribution is 6.33. The Bertz CT molecular complexity index is 1540. The number of rotatable bonds is 5. The molecular weight excluding hydrogens is 510 g/mol. The molecule has 6 nitrogen and oxygen atoms in total. The smallest absolute Gasteiger partial charge is 0.264 e. The summed E-state index contributed by atoms with van der Waals surface area (Å²) in [7, 11) is 1.70. The van der Waals surface area contributed by atoms with Crippen LogP contribution in [0.1, 0.15) is 45.7 Å². The lowest BCUT2D eigenvalue weighted by Crippen LogP contribution is -2.45. The standard InChI is InChI=1S/C32H32ClN3O3/c1-21-11-12-28-26(17-21)32(13-15-35(16-14-32)19-23-7-6-8-24(18-23)38-3)20-36(28)31(37)29-22(2)39-34-30(29)25-9-4-5-10-27(25)33/h4-12,17-18H,13-16,19-20H2,1-3H3. The van der Waals surface area contributed by atoms with Gasteiger partial charge >= 0.3 is 0 Å². The third-order valence-corrected chi connectivity index (χ3v) is 8.61. The minimum Gasteiger partial charge on any atom is -0.497 e. The molecule has 1 saturated heterocycles. The van der Waals surface area contributed by atoms with Gasteiger partial charge in [0.25, 0.3) is 5.91 Å². The fraction of sp³-hybridized carbons (Fsp3) is 0.312. The zero-order valence-electron chi connectivity index (χ0n) is 22.5. The van der Waals surface area contributed by atoms with Gasteiger partial charge < -0.3 is 14.2 Å². The van der Waals surface area contributed by atoms with Gasteiger partial charge in [0.15, 0.2) is 0 Å². The summed E-state index contributed by atoms with van der Waals surface area (Å²) in [6, 6.07) is 22.2. The van der Waals surface area contributed by atoms with E-state index in [2.05, 4.69) is 47.3 Å². The number of benzene rings is 3. The topological polar surface area (TPSA) is 58.8 Å². The van der Waals surface area contributed by atoms with Crippen molar-refractivity contribution in [2.45, 2.75) is 38.6 Å². The maximum absolute atomic E-state index is 14.2. The molecule has 6 rings (SSSR count). The van der Waals surface area contributed by atoms with Gasteiger partial charge in [-0.1, -0.05) is 64.8 Å². The van der Waals surface area contributed by atoms with Crippen LogP contribution in [0, 0.1) is 13.8 Å². The van der Waals surface area contributed by atoms with Crippen LogP contribution in [0.4, 0.5) is 5.69 Å². The second kappa shape index (κ2) is 10.2. The zero-order valence-corrected chi connectivity index (χ0v) is 23.3. The Kier molecular flexibility index (Phi) is 6.69. The second-order valence-corrected chi connectivity index (χ2v) is 11.2. The van der Waals surface area contributed by atoms with Gasteiger partial charge in [0.1, 0.15) is 22.8 Å². The van der Waals surface area contributed by atoms with Crippen molar-refractivity contribution in [2.24, 2.45) is 0 Å². The summed E-state index contributed by atoms with van der Waals surface area (Å²) in [6.07, 6.45) is 1.97. The molecule has 39 heavy (non-hydrogen) atoms. The van der Waals surface area contributed by atoms with Crippen molar-refractivity contribution in [3.8, 4) is 17.0 Å². The molecule has 0 unspecified atom stereocenters. The van der Waals surface area contributed by atoms with E-state index in [0.717, 1.165) is 43.9 Å². The molecule has 0 bridgehead atoms. The molecule has 0 atom stereocenters. The van der Waals surface area contributed by atoms with Gasteiger partial charge in [-0.25, -0.2) is 0 Å². The number of aryl methyl sites for hydroxylation is 2. The average Bonchev–Trinajstić information content (AvgIpc) is 3.48. The van der Waals surface area contributed by atoms with Crippen LogP contribution >= 0.6 is 11.6 Å². The minimum atomic E-state index is -0.0931. The summed E-state index contributed by atoms with van der Waals surface area (Å²) < 4.78 is 11.0. The van der Waals surface area contributed by atoms with E-state index in [1.807, 2.05) is 35.2 Å². The molecule has 7 heteroatoms. The van der Waals surface area contributed by atoms with E-state index in [-0.39, 0.29) is 11.3 Å². The van der Waals surface area contributed by atoms with E-state index < -0.39 is 0 Å². The number of halogens is 1. The number of hydrogen-bond acceptors (Lipinski definition) is 5. The van der Waals surface area contributed by atoms with Gasteiger partial charge in [-0.2, -0.15) is 0 Å². The van der Waals surface area contributed by atoms with E-state index in [1.165, 1.54) is 16.7 Å². The quantitative estimate of drug-likeness (QED) is 0.277. The Morgan fingerprint density at radius 3 is 2.62 bits per heavy atom. The molecule has 1 aromatic heterocycles. The predicted octanol–water partition coefficient (Wildman–Crippen LogP) is 6.81. The third kappa shape index (κ3) is 4.62. The highest BCUT2D eigenvalue weighted by Crippen LogP contribution is 2.48. The summed E-state index contributed by atoms with van der Waals surface area (Å²) in [6.45, 7) is 7.37. The fourth-order valence-electron chi connectivity index (χ4n) is 6.16. The Labute approximate surface area is 234 Å². The van der Waals surface area contributed by atoms with Crippen LogP contribution in [0.25, 0.3) is 11.3 Å². The normalized spacial score (nSPS) is 16.5. The van der Waals surface area contributed by atoms with Crippen molar-refractivity contribution in [1.82, 2.24) is 10.1 Å². The minimum absolute atomic E-state index is 0.0858. The van der Waals surface area contributed by atoms with E-state index in [4.69, 9.17) is 20.9 Å². The van der Waals surface area contributed by atoms with E-state index in [0.29, 0.717) is 34.1 Å². The molecule has 3 aromatic carbocycles. The van der Waals surface area contributed by atoms with Crippen LogP contribution in [-0.2, 0) is 12.0 Å². The first-order valence-corrected chi connectivity index (χ1v) is 13.8. The molecule has 0 saturated carbocycles. The van der Waals surface area contributed by atoms with E-state index in [1.54, 1.807) is 20.1 Å². The highest BCUT2D eigenvalue weighted by atomic mass is 35.5. The van der Waals surface area contributed by atoms with Gasteiger partial charge in [0.05, 0.1) is 12.1 Å². The van der Waals surface area contributed by atoms with Crippen LogP contribution in [0.15, 0.2) is 71.3 Å². The molecule has 0 radical (unpaired) electrons. The molecule has 2 aliphatic rings. The van der Waals surface area contributed by atoms with Crippen molar-refractivity contribution in [1.29, 1.82) is 0 Å². The number of aromatic nitrogens is 1. The molecule has 0 aliphatic carbocycles. The number of amides is 1. The van der Waals surface area contributed by atoms with Gasteiger partial charge in [-0.3, -0.25) is 9.69 Å². The highest BCUT2D eigenvalue weighted by Gasteiger charge is 2.47. The lowest BCUT2D eigenvalue weighted by atomic mass is 9.74. The number of ether oxygens (including phenoxy) is 1. The zero-order chi connectivity index (χ0) is 27.1. The molecule has 200 valence electrons. The lowest BCUT2D eigenvalue weighted by Gasteiger charge is -2.40. The van der Waals surface area contributed by atoms with Crippen molar-refractivity contribution < 1.29 is 14.1 Å². The summed E-state index contributed by atoms with van der Waals surface area (Å²) in [5.74, 6) is 1.29. The number of fused-ring (bicyclic) bond motifs is 2. The summed E-state index contributed by atoms with van der Waals surface area (Å²) >= 11 is 6.49. The Morgan fingerprint density at radius 1 is 1.05 bits per heavy atom. The SMILES string of the molecule is COc1cccc(CN2CCC3(CC2)CN(C(=O)c2c(-c4ccccc4Cl)noc2C)c2ccc(C)cc23)c1. The van der Waals surface area contributed by atoms with Gasteiger partial charge in [-0.05, 0) is 75.2 Å². The summed E-state index contributed by atoms with van der Waals surface area (Å²) in [5.41, 5.74) is 6.29. The lowest BCUT2D eigenvalue weighted by molar-refractivity contribution is 0.0974. The molecular formula is C32H32ClN3O3. The number of hydrogen-bond donors (Lipinski definition) is 0. The summed E-state index contributed by atoms with van der Waals surface area (Å²) in [4.78, 5) is 18.7. The second-order valence-electron chi connectivity index (χ2n) is 10.8. The number of carbonyl (C=O) groups is 1. The molecule has 0 N–H and O–H groups in total. The van der Waals surface area contributed by atoms with Crippen LogP contribution in [0.5, 0.6) is 5.75 Å². The molecule has 4 aromatic rings. The van der Waals surface area contributed by atoms with Crippen LogP contribution in [-0.4, -0.2) is 42.7 Å². The Morgan fingerprint density at radius 2 is 1.85 bits per heavy atom. The largest absolute Gasteiger partial charge is 0.497 e. The average molecular weight is 542 g/mol. The predicted molar refractivity (Wildman–Crippen MR) is 154 cm³/mol. The third-order valence-electron chi connectivity index (χ3n) is 8.28. The number of likely N-dealkylation sites (tertiary alicyclic amines) is 1. The van der Waals surface area contributed by atoms with Gasteiger partial charge in [-0.15, -0.1) is 0 Å². The first kappa shape index (κ1) is 25.7. The van der Waals surface area contributed by atoms with Crippen molar-refractivity contribution >= 4 is 23.2 Å². The van der Waals surface area contributed by atoms with Crippen LogP contribution in [0.3, 0.4) is 0 Å². The van der Waals surface area contributed by atoms with Crippen molar-refractivity contribution in [3.05, 3.63) is 99.8 Å². The maximum Gasteiger partial charge on any atom is 0.264 e. The molecule has 1 fully saturated rings. The Balaban J connectivity index is 1.29. The van der Waals surface area contributed by atoms with E-state index >= 15 is 0 Å². The monoisotopic (exact) mass is 541 g/mol. The molecule has 3 heterocycles. The maximum atomic E-state index is 14.2. The van der Waals surface area contributed by atoms with Crippen molar-refractivity contribution in [3.63, 3.8) is 0 Å². The molecule has 1 amide bonds. The number of piperidine rings is 1.